The zero-order chi connectivity index (χ0) is 19.3. The molecule has 0 N–H and O–H groups in total. The average Bonchev–Trinajstić information content (AvgIpc) is 3.17. The maximum absolute atomic E-state index is 13.1. The molecule has 138 valence electrons. The van der Waals surface area contributed by atoms with Gasteiger partial charge in [-0.05, 0) is 71.2 Å². The van der Waals surface area contributed by atoms with E-state index in [9.17, 15) is 4.79 Å². The normalized spacial score (nSPS) is 12.3. The van der Waals surface area contributed by atoms with Gasteiger partial charge in [-0.2, -0.15) is 0 Å². The second kappa shape index (κ2) is 6.65. The number of methoxy groups -OCH3 is 2. The van der Waals surface area contributed by atoms with E-state index in [-0.39, 0.29) is 5.56 Å². The van der Waals surface area contributed by atoms with Gasteiger partial charge in [0.15, 0.2) is 4.96 Å². The summed E-state index contributed by atoms with van der Waals surface area (Å²) < 4.78 is 13.9. The van der Waals surface area contributed by atoms with Crippen molar-refractivity contribution in [3.05, 3.63) is 60.3 Å². The number of halogens is 1. The number of ether oxygens (including phenoxy) is 2. The number of hydrogen-bond acceptors (Lipinski definition) is 5. The van der Waals surface area contributed by atoms with Crippen LogP contribution in [0.4, 0.5) is 0 Å². The first-order valence-corrected chi connectivity index (χ1v) is 9.90. The fraction of sp³-hybridized carbons (Fsp3) is 0.200. The van der Waals surface area contributed by atoms with Crippen LogP contribution in [0.5, 0.6) is 11.5 Å². The predicted octanol–water partition coefficient (Wildman–Crippen LogP) is 3.85. The third-order valence-corrected chi connectivity index (χ3v) is 6.64. The zero-order valence-electron chi connectivity index (χ0n) is 15.3. The number of hydrogen-bond donors (Lipinski definition) is 0. The van der Waals surface area contributed by atoms with Crippen LogP contribution in [0.25, 0.3) is 22.1 Å². The van der Waals surface area contributed by atoms with Gasteiger partial charge in [0.25, 0.3) is 5.56 Å². The largest absolute Gasteiger partial charge is 0.497 e. The molecule has 0 fully saturated rings. The summed E-state index contributed by atoms with van der Waals surface area (Å²) in [6.07, 6.45) is 1.82. The van der Waals surface area contributed by atoms with Crippen LogP contribution in [-0.4, -0.2) is 23.6 Å². The minimum Gasteiger partial charge on any atom is -0.497 e. The summed E-state index contributed by atoms with van der Waals surface area (Å²) in [4.78, 5) is 18.4. The molecule has 27 heavy (non-hydrogen) atoms. The Morgan fingerprint density at radius 1 is 1.19 bits per heavy atom. The van der Waals surface area contributed by atoms with Crippen molar-refractivity contribution in [2.45, 2.75) is 13.8 Å². The molecule has 2 aromatic heterocycles. The molecule has 4 rings (SSSR count). The lowest BCUT2D eigenvalue weighted by Crippen LogP contribution is -2.22. The quantitative estimate of drug-likeness (QED) is 0.481. The van der Waals surface area contributed by atoms with Crippen molar-refractivity contribution in [3.63, 3.8) is 0 Å². The van der Waals surface area contributed by atoms with Gasteiger partial charge in [-0.3, -0.25) is 4.79 Å². The smallest absolute Gasteiger partial charge is 0.274 e. The summed E-state index contributed by atoms with van der Waals surface area (Å²) in [7, 11) is 3.22. The minimum atomic E-state index is -0.0856. The molecule has 0 bridgehead atoms. The SMILES string of the molecule is COc1ccc(OC)c(C=c2sc3nc4c(Br)c(C)c(C)cc4n3c2=O)c1. The van der Waals surface area contributed by atoms with E-state index in [1.165, 1.54) is 11.3 Å². The molecule has 2 aromatic carbocycles. The van der Waals surface area contributed by atoms with Crippen LogP contribution in [0.2, 0.25) is 0 Å². The highest BCUT2D eigenvalue weighted by Gasteiger charge is 2.16. The van der Waals surface area contributed by atoms with E-state index >= 15 is 0 Å². The molecular formula is C20H17BrN2O3S. The van der Waals surface area contributed by atoms with Crippen LogP contribution >= 0.6 is 27.3 Å². The fourth-order valence-corrected chi connectivity index (χ4v) is 4.65. The average molecular weight is 445 g/mol. The van der Waals surface area contributed by atoms with Gasteiger partial charge in [0.1, 0.15) is 17.0 Å². The van der Waals surface area contributed by atoms with Gasteiger partial charge in [0.05, 0.1) is 24.3 Å². The van der Waals surface area contributed by atoms with E-state index in [1.807, 2.05) is 44.2 Å². The molecule has 0 aliphatic carbocycles. The highest BCUT2D eigenvalue weighted by atomic mass is 79.9. The molecule has 0 aliphatic rings. The Morgan fingerprint density at radius 3 is 2.67 bits per heavy atom. The van der Waals surface area contributed by atoms with Crippen molar-refractivity contribution in [1.82, 2.24) is 9.38 Å². The lowest BCUT2D eigenvalue weighted by molar-refractivity contribution is 0.402. The van der Waals surface area contributed by atoms with Crippen LogP contribution in [0.3, 0.4) is 0 Å². The number of nitrogens with zero attached hydrogens (tertiary/aromatic N) is 2. The first-order valence-electron chi connectivity index (χ1n) is 8.29. The molecule has 0 saturated heterocycles. The summed E-state index contributed by atoms with van der Waals surface area (Å²) >= 11 is 4.98. The van der Waals surface area contributed by atoms with Crippen LogP contribution in [0.1, 0.15) is 16.7 Å². The number of imidazole rings is 1. The molecular weight excluding hydrogens is 428 g/mol. The van der Waals surface area contributed by atoms with Crippen LogP contribution < -0.4 is 19.6 Å². The molecule has 0 spiro atoms. The monoisotopic (exact) mass is 444 g/mol. The van der Waals surface area contributed by atoms with E-state index in [0.717, 1.165) is 32.2 Å². The Hall–Kier alpha value is -2.38. The molecule has 7 heteroatoms. The van der Waals surface area contributed by atoms with Crippen LogP contribution in [-0.2, 0) is 0 Å². The highest BCUT2D eigenvalue weighted by molar-refractivity contribution is 9.10. The van der Waals surface area contributed by atoms with E-state index < -0.39 is 0 Å². The molecule has 0 unspecified atom stereocenters. The number of aromatic nitrogens is 2. The van der Waals surface area contributed by atoms with Gasteiger partial charge in [-0.25, -0.2) is 9.38 Å². The van der Waals surface area contributed by atoms with E-state index in [1.54, 1.807) is 18.6 Å². The van der Waals surface area contributed by atoms with Gasteiger partial charge in [-0.15, -0.1) is 0 Å². The first-order chi connectivity index (χ1) is 12.9. The maximum atomic E-state index is 13.1. The Balaban J connectivity index is 2.01. The maximum Gasteiger partial charge on any atom is 0.274 e. The summed E-state index contributed by atoms with van der Waals surface area (Å²) in [5.74, 6) is 1.39. The molecule has 0 saturated carbocycles. The number of rotatable bonds is 3. The summed E-state index contributed by atoms with van der Waals surface area (Å²) in [5.41, 5.74) is 4.58. The minimum absolute atomic E-state index is 0.0856. The van der Waals surface area contributed by atoms with Crippen LogP contribution in [0, 0.1) is 13.8 Å². The van der Waals surface area contributed by atoms with E-state index in [2.05, 4.69) is 20.9 Å². The number of thiazole rings is 1. The molecule has 4 aromatic rings. The Bertz CT molecular complexity index is 1310. The molecule has 5 nitrogen and oxygen atoms in total. The van der Waals surface area contributed by atoms with Crippen molar-refractivity contribution >= 4 is 49.3 Å². The Kier molecular flexibility index (Phi) is 4.44. The summed E-state index contributed by atoms with van der Waals surface area (Å²) in [6, 6.07) is 7.51. The van der Waals surface area contributed by atoms with Crippen molar-refractivity contribution in [3.8, 4) is 11.5 Å². The number of fused-ring (bicyclic) bond motifs is 3. The van der Waals surface area contributed by atoms with Crippen molar-refractivity contribution in [2.75, 3.05) is 14.2 Å². The molecule has 0 amide bonds. The highest BCUT2D eigenvalue weighted by Crippen LogP contribution is 2.30. The lowest BCUT2D eigenvalue weighted by Gasteiger charge is -2.06. The van der Waals surface area contributed by atoms with E-state index in [0.29, 0.717) is 21.0 Å². The molecule has 2 heterocycles. The summed E-state index contributed by atoms with van der Waals surface area (Å²) in [5, 5.41) is 0. The lowest BCUT2D eigenvalue weighted by atomic mass is 10.1. The standard InChI is InChI=1S/C20H17BrN2O3S/c1-10-7-14-18(17(21)11(10)2)22-20-23(14)19(24)16(27-20)9-12-8-13(25-3)5-6-15(12)26-4/h5-9H,1-4H3. The first kappa shape index (κ1) is 18.0. The molecule has 0 radical (unpaired) electrons. The van der Waals surface area contributed by atoms with E-state index in [4.69, 9.17) is 9.47 Å². The number of benzene rings is 2. The Labute approximate surface area is 168 Å². The van der Waals surface area contributed by atoms with Crippen molar-refractivity contribution in [1.29, 1.82) is 0 Å². The summed E-state index contributed by atoms with van der Waals surface area (Å²) in [6.45, 7) is 4.07. The second-order valence-electron chi connectivity index (χ2n) is 6.25. The molecule has 0 atom stereocenters. The third-order valence-electron chi connectivity index (χ3n) is 4.70. The van der Waals surface area contributed by atoms with Gasteiger partial charge < -0.3 is 9.47 Å². The van der Waals surface area contributed by atoms with Gasteiger partial charge in [0, 0.05) is 10.0 Å². The fourth-order valence-electron chi connectivity index (χ4n) is 3.07. The van der Waals surface area contributed by atoms with Gasteiger partial charge >= 0.3 is 0 Å². The topological polar surface area (TPSA) is 52.8 Å². The zero-order valence-corrected chi connectivity index (χ0v) is 17.7. The second-order valence-corrected chi connectivity index (χ2v) is 8.06. The van der Waals surface area contributed by atoms with Crippen molar-refractivity contribution < 1.29 is 9.47 Å². The van der Waals surface area contributed by atoms with Gasteiger partial charge in [0.2, 0.25) is 0 Å². The van der Waals surface area contributed by atoms with Crippen LogP contribution in [0.15, 0.2) is 33.5 Å². The predicted molar refractivity (Wildman–Crippen MR) is 112 cm³/mol. The third kappa shape index (κ3) is 2.82. The van der Waals surface area contributed by atoms with Crippen molar-refractivity contribution in [2.24, 2.45) is 0 Å². The Morgan fingerprint density at radius 2 is 1.96 bits per heavy atom. The molecule has 0 aliphatic heterocycles. The number of aryl methyl sites for hydroxylation is 1. The van der Waals surface area contributed by atoms with Gasteiger partial charge in [-0.1, -0.05) is 11.3 Å².